The monoisotopic (exact) mass is 553 g/mol. The summed E-state index contributed by atoms with van der Waals surface area (Å²) in [6.07, 6.45) is 4.49. The zero-order valence-electron chi connectivity index (χ0n) is 20.9. The summed E-state index contributed by atoms with van der Waals surface area (Å²) >= 11 is 17.4. The molecule has 0 aliphatic heterocycles. The number of halogens is 3. The van der Waals surface area contributed by atoms with Crippen LogP contribution < -0.4 is 5.32 Å². The van der Waals surface area contributed by atoms with Crippen LogP contribution in [0.15, 0.2) is 0 Å². The molecule has 0 heterocycles. The zero-order valence-corrected chi connectivity index (χ0v) is 23.2. The number of hydrogen-bond acceptors (Lipinski definition) is 6. The Labute approximate surface area is 222 Å². The molecule has 0 bridgehead atoms. The van der Waals surface area contributed by atoms with E-state index in [-0.39, 0.29) is 47.4 Å². The number of hydrogen-bond donors (Lipinski definition) is 2. The molecule has 4 aliphatic carbocycles. The molecular weight excluding hydrogens is 517 g/mol. The van der Waals surface area contributed by atoms with Gasteiger partial charge in [-0.3, -0.25) is 4.79 Å². The van der Waals surface area contributed by atoms with Gasteiger partial charge < -0.3 is 24.6 Å². The van der Waals surface area contributed by atoms with Crippen molar-refractivity contribution in [1.29, 1.82) is 0 Å². The number of amides is 1. The van der Waals surface area contributed by atoms with Crippen molar-refractivity contribution in [2.45, 2.75) is 80.8 Å². The van der Waals surface area contributed by atoms with E-state index in [1.54, 1.807) is 7.11 Å². The third-order valence-corrected chi connectivity index (χ3v) is 10.4. The highest BCUT2D eigenvalue weighted by Crippen LogP contribution is 2.67. The van der Waals surface area contributed by atoms with E-state index >= 15 is 0 Å². The van der Waals surface area contributed by atoms with Crippen molar-refractivity contribution in [3.05, 3.63) is 0 Å². The minimum Gasteiger partial charge on any atom is -0.469 e. The molecule has 4 rings (SSSR count). The number of carbonyl (C=O) groups excluding carboxylic acids is 2. The highest BCUT2D eigenvalue weighted by Gasteiger charge is 2.65. The topological polar surface area (TPSA) is 94.1 Å². The lowest BCUT2D eigenvalue weighted by Gasteiger charge is -2.63. The fourth-order valence-electron chi connectivity index (χ4n) is 8.69. The Kier molecular flexibility index (Phi) is 7.88. The summed E-state index contributed by atoms with van der Waals surface area (Å²) in [6.45, 7) is 4.12. The van der Waals surface area contributed by atoms with Crippen molar-refractivity contribution < 1.29 is 28.9 Å². The molecule has 0 saturated heterocycles. The van der Waals surface area contributed by atoms with Crippen LogP contribution in [0.5, 0.6) is 0 Å². The third-order valence-electron chi connectivity index (χ3n) is 10.1. The fraction of sp³-hybridized carbons (Fsp3) is 0.920. The van der Waals surface area contributed by atoms with E-state index in [4.69, 9.17) is 49.0 Å². The largest absolute Gasteiger partial charge is 0.469 e. The van der Waals surface area contributed by atoms with Gasteiger partial charge in [0.05, 0.1) is 25.2 Å². The van der Waals surface area contributed by atoms with Crippen molar-refractivity contribution >= 4 is 46.9 Å². The van der Waals surface area contributed by atoms with Crippen LogP contribution in [0.25, 0.3) is 0 Å². The number of methoxy groups -OCH3 is 2. The first-order valence-electron chi connectivity index (χ1n) is 12.6. The second kappa shape index (κ2) is 10.0. The number of nitrogens with one attached hydrogen (secondary N) is 1. The molecule has 1 amide bonds. The molecule has 35 heavy (non-hydrogen) atoms. The lowest BCUT2D eigenvalue weighted by atomic mass is 9.43. The predicted molar refractivity (Wildman–Crippen MR) is 133 cm³/mol. The summed E-state index contributed by atoms with van der Waals surface area (Å²) < 4.78 is 14.4. The molecule has 0 unspecified atom stereocenters. The summed E-state index contributed by atoms with van der Waals surface area (Å²) in [6, 6.07) is -0.227. The van der Waals surface area contributed by atoms with Crippen molar-refractivity contribution in [3.63, 3.8) is 0 Å². The lowest BCUT2D eigenvalue weighted by molar-refractivity contribution is -0.178. The van der Waals surface area contributed by atoms with Gasteiger partial charge in [-0.05, 0) is 79.4 Å². The van der Waals surface area contributed by atoms with Crippen LogP contribution in [0.4, 0.5) is 4.79 Å². The van der Waals surface area contributed by atoms with Crippen molar-refractivity contribution in [3.8, 4) is 0 Å². The Morgan fingerprint density at radius 2 is 1.77 bits per heavy atom. The van der Waals surface area contributed by atoms with Gasteiger partial charge in [-0.2, -0.15) is 0 Å². The minimum atomic E-state index is -1.70. The van der Waals surface area contributed by atoms with Crippen molar-refractivity contribution in [2.24, 2.45) is 40.4 Å². The third kappa shape index (κ3) is 5.01. The van der Waals surface area contributed by atoms with E-state index in [1.165, 1.54) is 7.11 Å². The van der Waals surface area contributed by atoms with Gasteiger partial charge in [-0.15, -0.1) is 0 Å². The molecule has 4 saturated carbocycles. The van der Waals surface area contributed by atoms with Gasteiger partial charge in [0.15, 0.2) is 0 Å². The first-order valence-corrected chi connectivity index (χ1v) is 13.8. The molecule has 4 aliphatic rings. The molecular formula is C25H38Cl3NO6. The lowest BCUT2D eigenvalue weighted by Crippen LogP contribution is -2.64. The summed E-state index contributed by atoms with van der Waals surface area (Å²) in [7, 11) is 3.09. The Bertz CT molecular complexity index is 824. The average Bonchev–Trinajstić information content (AvgIpc) is 3.13. The second-order valence-electron chi connectivity index (χ2n) is 11.7. The molecule has 0 aromatic rings. The first kappa shape index (κ1) is 27.6. The molecule has 0 radical (unpaired) electrons. The summed E-state index contributed by atoms with van der Waals surface area (Å²) in [4.78, 5) is 25.6. The summed E-state index contributed by atoms with van der Waals surface area (Å²) in [5, 5.41) is 13.8. The van der Waals surface area contributed by atoms with Crippen LogP contribution in [0.3, 0.4) is 0 Å². The molecule has 10 heteroatoms. The average molecular weight is 555 g/mol. The van der Waals surface area contributed by atoms with Gasteiger partial charge >= 0.3 is 12.1 Å². The van der Waals surface area contributed by atoms with Crippen LogP contribution in [-0.2, 0) is 19.0 Å². The van der Waals surface area contributed by atoms with E-state index in [0.717, 1.165) is 32.1 Å². The van der Waals surface area contributed by atoms with Crippen LogP contribution in [0.1, 0.15) is 58.8 Å². The van der Waals surface area contributed by atoms with Gasteiger partial charge in [0.2, 0.25) is 3.79 Å². The Morgan fingerprint density at radius 3 is 2.40 bits per heavy atom. The Hall–Kier alpha value is -0.470. The maximum absolute atomic E-state index is 12.9. The highest BCUT2D eigenvalue weighted by molar-refractivity contribution is 6.67. The number of carbonyl (C=O) groups is 2. The highest BCUT2D eigenvalue weighted by atomic mass is 35.6. The minimum absolute atomic E-state index is 0.138. The van der Waals surface area contributed by atoms with Crippen molar-refractivity contribution in [2.75, 3.05) is 20.8 Å². The van der Waals surface area contributed by atoms with Crippen LogP contribution in [-0.4, -0.2) is 60.0 Å². The van der Waals surface area contributed by atoms with Gasteiger partial charge in [0, 0.05) is 13.2 Å². The maximum Gasteiger partial charge on any atom is 0.407 e. The van der Waals surface area contributed by atoms with Crippen LogP contribution >= 0.6 is 34.8 Å². The van der Waals surface area contributed by atoms with E-state index in [0.29, 0.717) is 30.6 Å². The SMILES string of the molecule is COC(=O)[C@H]1CC[C@H]2[C@@H]3CC[C@H]4C[C@H](O)[C@@H](OC)C[C@]4(C)[C@H]3[C@H](NC(=O)OCC(Cl)(Cl)Cl)C[C@]12C. The number of aliphatic hydroxyl groups is 1. The maximum atomic E-state index is 12.9. The van der Waals surface area contributed by atoms with E-state index in [1.807, 2.05) is 0 Å². The number of rotatable bonds is 4. The summed E-state index contributed by atoms with van der Waals surface area (Å²) in [5.41, 5.74) is -0.430. The van der Waals surface area contributed by atoms with E-state index < -0.39 is 16.0 Å². The fourth-order valence-corrected chi connectivity index (χ4v) is 8.85. The zero-order chi connectivity index (χ0) is 25.8. The second-order valence-corrected chi connectivity index (χ2v) is 14.2. The molecule has 0 aromatic heterocycles. The molecule has 0 aromatic carbocycles. The molecule has 4 fully saturated rings. The molecule has 2 N–H and O–H groups in total. The van der Waals surface area contributed by atoms with Gasteiger partial charge in [-0.25, -0.2) is 4.79 Å². The standard InChI is InChI=1S/C25H38Cl3NO6/c1-23-11-19(33-3)18(30)9-13(23)5-6-14-15-7-8-16(21(31)34-4)24(15,2)10-17(20(14)23)29-22(32)35-12-25(26,27)28/h13-20,30H,5-12H2,1-4H3,(H,29,32)/t13-,14-,15-,16+,17+,18-,19-,20+,23-,24-/m0/s1. The number of alkyl halides is 3. The first-order chi connectivity index (χ1) is 16.3. The predicted octanol–water partition coefficient (Wildman–Crippen LogP) is 4.88. The van der Waals surface area contributed by atoms with E-state index in [9.17, 15) is 14.7 Å². The van der Waals surface area contributed by atoms with Crippen molar-refractivity contribution in [1.82, 2.24) is 5.32 Å². The quantitative estimate of drug-likeness (QED) is 0.380. The number of alkyl carbamates (subject to hydrolysis) is 1. The van der Waals surface area contributed by atoms with Crippen LogP contribution in [0, 0.1) is 40.4 Å². The van der Waals surface area contributed by atoms with Gasteiger partial charge in [-0.1, -0.05) is 48.7 Å². The number of fused-ring (bicyclic) bond motifs is 5. The number of ether oxygens (including phenoxy) is 3. The Morgan fingerprint density at radius 1 is 1.06 bits per heavy atom. The Balaban J connectivity index is 1.68. The molecule has 10 atom stereocenters. The van der Waals surface area contributed by atoms with Gasteiger partial charge in [0.1, 0.15) is 6.61 Å². The summed E-state index contributed by atoms with van der Waals surface area (Å²) in [5.74, 6) is 0.792. The molecule has 7 nitrogen and oxygen atoms in total. The molecule has 200 valence electrons. The normalized spacial score (nSPS) is 45.0. The molecule has 0 spiro atoms. The number of esters is 1. The van der Waals surface area contributed by atoms with Gasteiger partial charge in [0.25, 0.3) is 0 Å². The smallest absolute Gasteiger partial charge is 0.407 e. The van der Waals surface area contributed by atoms with E-state index in [2.05, 4.69) is 19.2 Å². The van der Waals surface area contributed by atoms with Crippen LogP contribution in [0.2, 0.25) is 0 Å². The number of aliphatic hydroxyl groups excluding tert-OH is 1.